The number of thiazole rings is 1. The van der Waals surface area contributed by atoms with E-state index in [9.17, 15) is 9.50 Å². The molecule has 0 unspecified atom stereocenters. The van der Waals surface area contributed by atoms with Gasteiger partial charge in [0.1, 0.15) is 16.6 Å². The highest BCUT2D eigenvalue weighted by Gasteiger charge is 2.09. The van der Waals surface area contributed by atoms with E-state index in [1.165, 1.54) is 23.5 Å². The number of thiol groups is 1. The van der Waals surface area contributed by atoms with Gasteiger partial charge in [-0.25, -0.2) is 9.37 Å². The molecule has 126 valence electrons. The monoisotopic (exact) mass is 363 g/mol. The molecule has 1 heterocycles. The number of fused-ring (bicyclic) bond motifs is 1. The average molecular weight is 363 g/mol. The molecule has 24 heavy (non-hydrogen) atoms. The van der Waals surface area contributed by atoms with E-state index in [-0.39, 0.29) is 11.6 Å². The van der Waals surface area contributed by atoms with E-state index in [0.717, 1.165) is 39.6 Å². The summed E-state index contributed by atoms with van der Waals surface area (Å²) in [5.41, 5.74) is 2.25. The molecule has 3 aromatic rings. The van der Waals surface area contributed by atoms with Gasteiger partial charge in [-0.15, -0.1) is 11.3 Å². The van der Waals surface area contributed by atoms with Crippen molar-refractivity contribution in [3.05, 3.63) is 42.2 Å². The Morgan fingerprint density at radius 1 is 1.12 bits per heavy atom. The van der Waals surface area contributed by atoms with E-state index in [2.05, 4.69) is 28.2 Å². The van der Waals surface area contributed by atoms with Crippen molar-refractivity contribution in [1.29, 1.82) is 0 Å². The molecule has 0 aliphatic carbocycles. The van der Waals surface area contributed by atoms with Crippen molar-refractivity contribution in [2.24, 2.45) is 0 Å². The number of hydrogen-bond acceptors (Lipinski definition) is 6. The van der Waals surface area contributed by atoms with Gasteiger partial charge < -0.3 is 15.7 Å². The van der Waals surface area contributed by atoms with Crippen molar-refractivity contribution in [2.75, 3.05) is 30.7 Å². The van der Waals surface area contributed by atoms with E-state index in [4.69, 9.17) is 0 Å². The first kappa shape index (κ1) is 17.0. The smallest absolute Gasteiger partial charge is 0.139 e. The molecule has 3 rings (SSSR count). The van der Waals surface area contributed by atoms with Crippen LogP contribution in [0.2, 0.25) is 0 Å². The molecule has 4 nitrogen and oxygen atoms in total. The Morgan fingerprint density at radius 2 is 2.00 bits per heavy atom. The molecule has 7 heteroatoms. The van der Waals surface area contributed by atoms with Crippen LogP contribution in [0, 0.1) is 5.82 Å². The van der Waals surface area contributed by atoms with Gasteiger partial charge in [-0.1, -0.05) is 0 Å². The summed E-state index contributed by atoms with van der Waals surface area (Å²) in [5, 5.41) is 17.4. The van der Waals surface area contributed by atoms with Crippen LogP contribution in [0.4, 0.5) is 10.1 Å². The number of benzene rings is 2. The van der Waals surface area contributed by atoms with E-state index >= 15 is 0 Å². The Labute approximate surface area is 149 Å². The second-order valence-corrected chi connectivity index (χ2v) is 6.74. The number of aromatic nitrogens is 1. The number of phenols is 1. The van der Waals surface area contributed by atoms with Gasteiger partial charge in [0, 0.05) is 31.0 Å². The molecular weight excluding hydrogens is 345 g/mol. The molecule has 0 radical (unpaired) electrons. The number of phenolic OH excluding ortho intramolecular Hbond substituents is 1. The summed E-state index contributed by atoms with van der Waals surface area (Å²) in [7, 11) is 0. The standard InChI is InChI=1S/C17H18FN3OS2/c18-12-2-4-14-16(10-12)24-17(21-14)11-1-3-13(15(22)9-11)20-6-5-19-7-8-23/h1-4,9-10,19-20,22-23H,5-8H2. The van der Waals surface area contributed by atoms with Crippen molar-refractivity contribution >= 4 is 39.9 Å². The largest absolute Gasteiger partial charge is 0.506 e. The first-order valence-electron chi connectivity index (χ1n) is 7.62. The molecule has 0 aliphatic heterocycles. The second-order valence-electron chi connectivity index (χ2n) is 5.26. The van der Waals surface area contributed by atoms with Gasteiger partial charge in [0.05, 0.1) is 15.9 Å². The Bertz CT molecular complexity index is 838. The molecule has 0 amide bonds. The first-order chi connectivity index (χ1) is 11.7. The van der Waals surface area contributed by atoms with E-state index < -0.39 is 0 Å². The Kier molecular flexibility index (Phi) is 5.55. The fraction of sp³-hybridized carbons (Fsp3) is 0.235. The number of aromatic hydroxyl groups is 1. The summed E-state index contributed by atoms with van der Waals surface area (Å²) in [4.78, 5) is 4.49. The van der Waals surface area contributed by atoms with Gasteiger partial charge in [-0.05, 0) is 36.4 Å². The van der Waals surface area contributed by atoms with Crippen molar-refractivity contribution in [3.8, 4) is 16.3 Å². The second kappa shape index (κ2) is 7.83. The normalized spacial score (nSPS) is 11.1. The third-order valence-electron chi connectivity index (χ3n) is 3.50. The number of hydrogen-bond donors (Lipinski definition) is 4. The van der Waals surface area contributed by atoms with E-state index in [0.29, 0.717) is 12.2 Å². The minimum Gasteiger partial charge on any atom is -0.506 e. The van der Waals surface area contributed by atoms with Gasteiger partial charge in [0.2, 0.25) is 0 Å². The molecule has 0 aliphatic rings. The molecular formula is C17H18FN3OS2. The zero-order valence-electron chi connectivity index (χ0n) is 12.9. The summed E-state index contributed by atoms with van der Waals surface area (Å²) < 4.78 is 14.1. The number of halogens is 1. The average Bonchev–Trinajstić information content (AvgIpc) is 2.99. The van der Waals surface area contributed by atoms with Crippen molar-refractivity contribution < 1.29 is 9.50 Å². The quantitative estimate of drug-likeness (QED) is 0.293. The van der Waals surface area contributed by atoms with Gasteiger partial charge in [-0.3, -0.25) is 0 Å². The number of nitrogens with zero attached hydrogens (tertiary/aromatic N) is 1. The highest BCUT2D eigenvalue weighted by molar-refractivity contribution is 7.80. The Hall–Kier alpha value is -1.83. The van der Waals surface area contributed by atoms with Crippen LogP contribution in [0.3, 0.4) is 0 Å². The van der Waals surface area contributed by atoms with Crippen LogP contribution in [0.1, 0.15) is 0 Å². The van der Waals surface area contributed by atoms with Crippen LogP contribution in [-0.2, 0) is 0 Å². The lowest BCUT2D eigenvalue weighted by Crippen LogP contribution is -2.23. The summed E-state index contributed by atoms with van der Waals surface area (Å²) in [5.74, 6) is 0.699. The zero-order chi connectivity index (χ0) is 16.9. The van der Waals surface area contributed by atoms with E-state index in [1.54, 1.807) is 12.1 Å². The fourth-order valence-corrected chi connectivity index (χ4v) is 3.47. The minimum absolute atomic E-state index is 0.173. The highest BCUT2D eigenvalue weighted by atomic mass is 32.1. The van der Waals surface area contributed by atoms with Crippen LogP contribution in [-0.4, -0.2) is 35.5 Å². The van der Waals surface area contributed by atoms with Crippen molar-refractivity contribution in [1.82, 2.24) is 10.3 Å². The lowest BCUT2D eigenvalue weighted by Gasteiger charge is -2.09. The molecule has 0 spiro atoms. The van der Waals surface area contributed by atoms with Crippen LogP contribution >= 0.6 is 24.0 Å². The minimum atomic E-state index is -0.272. The maximum Gasteiger partial charge on any atom is 0.139 e. The van der Waals surface area contributed by atoms with Gasteiger partial charge in [0.25, 0.3) is 0 Å². The summed E-state index contributed by atoms with van der Waals surface area (Å²) in [6, 6.07) is 9.95. The fourth-order valence-electron chi connectivity index (χ4n) is 2.33. The summed E-state index contributed by atoms with van der Waals surface area (Å²) in [6.45, 7) is 2.36. The van der Waals surface area contributed by atoms with Crippen LogP contribution < -0.4 is 10.6 Å². The van der Waals surface area contributed by atoms with Crippen molar-refractivity contribution in [2.45, 2.75) is 0 Å². The molecule has 0 atom stereocenters. The predicted octanol–water partition coefficient (Wildman–Crippen LogP) is 3.74. The molecule has 0 saturated carbocycles. The topological polar surface area (TPSA) is 57.2 Å². The van der Waals surface area contributed by atoms with Gasteiger partial charge in [0.15, 0.2) is 0 Å². The molecule has 0 saturated heterocycles. The van der Waals surface area contributed by atoms with Crippen LogP contribution in [0.15, 0.2) is 36.4 Å². The maximum atomic E-state index is 13.3. The van der Waals surface area contributed by atoms with Crippen LogP contribution in [0.25, 0.3) is 20.8 Å². The van der Waals surface area contributed by atoms with E-state index in [1.807, 2.05) is 12.1 Å². The number of nitrogens with one attached hydrogen (secondary N) is 2. The summed E-state index contributed by atoms with van der Waals surface area (Å²) >= 11 is 5.54. The molecule has 0 fully saturated rings. The van der Waals surface area contributed by atoms with Crippen LogP contribution in [0.5, 0.6) is 5.75 Å². The Balaban J connectivity index is 1.73. The maximum absolute atomic E-state index is 13.3. The van der Waals surface area contributed by atoms with Crippen molar-refractivity contribution in [3.63, 3.8) is 0 Å². The summed E-state index contributed by atoms with van der Waals surface area (Å²) in [6.07, 6.45) is 0. The highest BCUT2D eigenvalue weighted by Crippen LogP contribution is 2.34. The molecule has 2 aromatic carbocycles. The third kappa shape index (κ3) is 3.98. The van der Waals surface area contributed by atoms with Gasteiger partial charge in [-0.2, -0.15) is 12.6 Å². The molecule has 0 bridgehead atoms. The molecule has 1 aromatic heterocycles. The lowest BCUT2D eigenvalue weighted by molar-refractivity contribution is 0.477. The zero-order valence-corrected chi connectivity index (χ0v) is 14.6. The predicted molar refractivity (Wildman–Crippen MR) is 102 cm³/mol. The molecule has 3 N–H and O–H groups in total. The SMILES string of the molecule is Oc1cc(-c2nc3ccc(F)cc3s2)ccc1NCCNCCS. The number of anilines is 1. The van der Waals surface area contributed by atoms with Gasteiger partial charge >= 0.3 is 0 Å². The Morgan fingerprint density at radius 3 is 2.79 bits per heavy atom. The number of rotatable bonds is 7. The lowest BCUT2D eigenvalue weighted by atomic mass is 10.2. The first-order valence-corrected chi connectivity index (χ1v) is 9.07. The third-order valence-corrected chi connectivity index (χ3v) is 4.79.